The van der Waals surface area contributed by atoms with Crippen LogP contribution in [0.3, 0.4) is 0 Å². The summed E-state index contributed by atoms with van der Waals surface area (Å²) in [6, 6.07) is 10.4. The molecule has 0 radical (unpaired) electrons. The highest BCUT2D eigenvalue weighted by Gasteiger charge is 2.45. The largest absolute Gasteiger partial charge is 0.370 e. The first-order chi connectivity index (χ1) is 11.0. The number of nitrogens with two attached hydrogens (primary N) is 1. The van der Waals surface area contributed by atoms with E-state index in [9.17, 15) is 8.78 Å². The molecule has 2 fully saturated rings. The number of likely N-dealkylation sites (tertiary alicyclic amines) is 1. The Hall–Kier alpha value is -0.960. The Bertz CT molecular complexity index is 537. The van der Waals surface area contributed by atoms with Crippen LogP contribution in [0.15, 0.2) is 35.3 Å². The van der Waals surface area contributed by atoms with Gasteiger partial charge in [-0.25, -0.2) is 8.78 Å². The molecule has 1 saturated heterocycles. The molecular formula is C17H25F2IN4. The molecule has 0 aromatic heterocycles. The third kappa shape index (κ3) is 5.54. The number of nitrogens with zero attached hydrogens (tertiary/aromatic N) is 2. The first-order valence-corrected chi connectivity index (χ1v) is 8.24. The third-order valence-corrected chi connectivity index (χ3v) is 4.57. The number of aliphatic imine (C=N–C) groups is 1. The Kier molecular flexibility index (Phi) is 6.79. The maximum Gasteiger partial charge on any atom is 0.252 e. The molecule has 0 atom stereocenters. The summed E-state index contributed by atoms with van der Waals surface area (Å²) in [5.74, 6) is -2.22. The molecule has 2 aliphatic rings. The molecule has 4 nitrogen and oxygen atoms in total. The van der Waals surface area contributed by atoms with E-state index in [0.717, 1.165) is 32.5 Å². The van der Waals surface area contributed by atoms with Crippen LogP contribution in [0.2, 0.25) is 0 Å². The van der Waals surface area contributed by atoms with E-state index in [1.807, 2.05) is 6.07 Å². The number of hydrogen-bond acceptors (Lipinski definition) is 2. The van der Waals surface area contributed by atoms with Crippen LogP contribution in [-0.4, -0.2) is 42.0 Å². The molecule has 1 aliphatic heterocycles. The van der Waals surface area contributed by atoms with Crippen LogP contribution in [0.1, 0.15) is 31.2 Å². The number of guanidine groups is 1. The van der Waals surface area contributed by atoms with Crippen molar-refractivity contribution in [2.45, 2.75) is 50.2 Å². The van der Waals surface area contributed by atoms with Crippen molar-refractivity contribution in [2.75, 3.05) is 13.1 Å². The molecule has 1 aromatic carbocycles. The fourth-order valence-electron chi connectivity index (χ4n) is 3.25. The summed E-state index contributed by atoms with van der Waals surface area (Å²) in [7, 11) is 0. The molecule has 1 aliphatic carbocycles. The first-order valence-electron chi connectivity index (χ1n) is 8.24. The second-order valence-electron chi connectivity index (χ2n) is 6.61. The van der Waals surface area contributed by atoms with Crippen molar-refractivity contribution in [3.8, 4) is 0 Å². The van der Waals surface area contributed by atoms with E-state index < -0.39 is 5.92 Å². The highest BCUT2D eigenvalue weighted by Crippen LogP contribution is 2.37. The molecule has 0 unspecified atom stereocenters. The molecule has 1 heterocycles. The van der Waals surface area contributed by atoms with Gasteiger partial charge in [-0.05, 0) is 18.4 Å². The average Bonchev–Trinajstić information content (AvgIpc) is 2.48. The van der Waals surface area contributed by atoms with E-state index in [-0.39, 0.29) is 48.9 Å². The van der Waals surface area contributed by atoms with Gasteiger partial charge in [0.2, 0.25) is 0 Å². The lowest BCUT2D eigenvalue weighted by atomic mass is 9.88. The van der Waals surface area contributed by atoms with E-state index in [1.165, 1.54) is 5.56 Å². The monoisotopic (exact) mass is 450 g/mol. The van der Waals surface area contributed by atoms with Crippen molar-refractivity contribution in [2.24, 2.45) is 10.7 Å². The molecule has 1 aromatic rings. The van der Waals surface area contributed by atoms with Gasteiger partial charge in [-0.1, -0.05) is 30.3 Å². The Morgan fingerprint density at radius 3 is 2.42 bits per heavy atom. The molecule has 134 valence electrons. The maximum atomic E-state index is 12.8. The number of piperidine rings is 1. The van der Waals surface area contributed by atoms with Crippen molar-refractivity contribution in [3.05, 3.63) is 35.9 Å². The minimum absolute atomic E-state index is 0. The summed E-state index contributed by atoms with van der Waals surface area (Å²) in [6.07, 6.45) is 1.63. The summed E-state index contributed by atoms with van der Waals surface area (Å²) in [5, 5.41) is 2.90. The highest BCUT2D eigenvalue weighted by molar-refractivity contribution is 14.0. The zero-order valence-corrected chi connectivity index (χ0v) is 16.0. The number of alkyl halides is 2. The lowest BCUT2D eigenvalue weighted by molar-refractivity contribution is -0.0886. The molecular weight excluding hydrogens is 425 g/mol. The summed E-state index contributed by atoms with van der Waals surface area (Å²) in [6.45, 7) is 2.93. The van der Waals surface area contributed by atoms with E-state index >= 15 is 0 Å². The standard InChI is InChI=1S/C17H24F2N4.HI/c18-17(19)10-15(11-17)22-16(20)21-14-6-8-23(9-7-14)12-13-4-2-1-3-5-13;/h1-5,14-15H,6-12H2,(H3,20,21,22);1H. The van der Waals surface area contributed by atoms with Crippen molar-refractivity contribution in [3.63, 3.8) is 0 Å². The third-order valence-electron chi connectivity index (χ3n) is 4.57. The highest BCUT2D eigenvalue weighted by atomic mass is 127. The first kappa shape index (κ1) is 19.4. The van der Waals surface area contributed by atoms with Crippen molar-refractivity contribution in [1.29, 1.82) is 0 Å². The van der Waals surface area contributed by atoms with Gasteiger partial charge < -0.3 is 11.1 Å². The number of nitrogens with one attached hydrogen (secondary N) is 1. The van der Waals surface area contributed by atoms with Crippen LogP contribution in [0.4, 0.5) is 8.78 Å². The van der Waals surface area contributed by atoms with Crippen molar-refractivity contribution >= 4 is 29.9 Å². The van der Waals surface area contributed by atoms with Crippen molar-refractivity contribution in [1.82, 2.24) is 10.2 Å². The fraction of sp³-hybridized carbons (Fsp3) is 0.588. The van der Waals surface area contributed by atoms with Crippen LogP contribution < -0.4 is 11.1 Å². The SMILES string of the molecule is I.NC(=NC1CCN(Cc2ccccc2)CC1)NC1CC(F)(F)C1. The minimum atomic E-state index is -2.53. The Labute approximate surface area is 158 Å². The minimum Gasteiger partial charge on any atom is -0.370 e. The summed E-state index contributed by atoms with van der Waals surface area (Å²) >= 11 is 0. The van der Waals surface area contributed by atoms with Gasteiger partial charge in [-0.15, -0.1) is 24.0 Å². The van der Waals surface area contributed by atoms with Gasteiger partial charge in [0.05, 0.1) is 6.04 Å². The molecule has 3 rings (SSSR count). The smallest absolute Gasteiger partial charge is 0.252 e. The van der Waals surface area contributed by atoms with Gasteiger partial charge in [0.25, 0.3) is 5.92 Å². The second kappa shape index (κ2) is 8.42. The van der Waals surface area contributed by atoms with Gasteiger partial charge in [0, 0.05) is 38.5 Å². The predicted molar refractivity (Wildman–Crippen MR) is 103 cm³/mol. The van der Waals surface area contributed by atoms with Crippen LogP contribution in [-0.2, 0) is 6.54 Å². The maximum absolute atomic E-state index is 12.8. The Morgan fingerprint density at radius 1 is 1.21 bits per heavy atom. The number of halogens is 3. The van der Waals surface area contributed by atoms with Gasteiger partial charge in [-0.3, -0.25) is 9.89 Å². The van der Waals surface area contributed by atoms with Gasteiger partial charge >= 0.3 is 0 Å². The van der Waals surface area contributed by atoms with Gasteiger partial charge in [0.15, 0.2) is 5.96 Å². The molecule has 0 spiro atoms. The zero-order chi connectivity index (χ0) is 16.3. The normalized spacial score (nSPS) is 22.5. The molecule has 7 heteroatoms. The van der Waals surface area contributed by atoms with Crippen LogP contribution in [0.5, 0.6) is 0 Å². The van der Waals surface area contributed by atoms with Crippen molar-refractivity contribution < 1.29 is 8.78 Å². The molecule has 0 bridgehead atoms. The van der Waals surface area contributed by atoms with E-state index in [4.69, 9.17) is 5.73 Å². The van der Waals surface area contributed by atoms with E-state index in [2.05, 4.69) is 39.5 Å². The van der Waals surface area contributed by atoms with Gasteiger partial charge in [0.1, 0.15) is 0 Å². The summed E-state index contributed by atoms with van der Waals surface area (Å²) in [4.78, 5) is 6.87. The molecule has 0 amide bonds. The summed E-state index contributed by atoms with van der Waals surface area (Å²) in [5.41, 5.74) is 7.16. The summed E-state index contributed by atoms with van der Waals surface area (Å²) < 4.78 is 25.6. The molecule has 24 heavy (non-hydrogen) atoms. The second-order valence-corrected chi connectivity index (χ2v) is 6.61. The average molecular weight is 450 g/mol. The number of hydrogen-bond donors (Lipinski definition) is 2. The van der Waals surface area contributed by atoms with Crippen LogP contribution in [0, 0.1) is 0 Å². The number of benzene rings is 1. The van der Waals surface area contributed by atoms with Gasteiger partial charge in [-0.2, -0.15) is 0 Å². The van der Waals surface area contributed by atoms with Crippen LogP contribution >= 0.6 is 24.0 Å². The lowest BCUT2D eigenvalue weighted by Crippen LogP contribution is -2.52. The predicted octanol–water partition coefficient (Wildman–Crippen LogP) is 2.97. The van der Waals surface area contributed by atoms with Crippen LogP contribution in [0.25, 0.3) is 0 Å². The topological polar surface area (TPSA) is 53.6 Å². The quantitative estimate of drug-likeness (QED) is 0.422. The molecule has 3 N–H and O–H groups in total. The Balaban J connectivity index is 0.00000208. The zero-order valence-electron chi connectivity index (χ0n) is 13.6. The Morgan fingerprint density at radius 2 is 1.83 bits per heavy atom. The van der Waals surface area contributed by atoms with E-state index in [1.54, 1.807) is 0 Å². The fourth-order valence-corrected chi connectivity index (χ4v) is 3.25. The number of rotatable bonds is 4. The lowest BCUT2D eigenvalue weighted by Gasteiger charge is -2.36. The van der Waals surface area contributed by atoms with E-state index in [0.29, 0.717) is 5.96 Å². The molecule has 1 saturated carbocycles.